The van der Waals surface area contributed by atoms with Crippen molar-refractivity contribution in [3.63, 3.8) is 0 Å². The number of carbonyl (C=O) groups is 1. The molecule has 0 spiro atoms. The number of carbonyl (C=O) groups excluding carboxylic acids is 1. The Morgan fingerprint density at radius 3 is 2.60 bits per heavy atom. The number of phenols is 1. The number of fused-ring (bicyclic) bond motifs is 1. The lowest BCUT2D eigenvalue weighted by molar-refractivity contribution is -0.111. The first-order valence-corrected chi connectivity index (χ1v) is 5.77. The number of phenolic OH excluding ortho intramolecular Hbond substituents is 1. The maximum Gasteiger partial charge on any atom is 0.201 e. The molecule has 5 heteroatoms. The summed E-state index contributed by atoms with van der Waals surface area (Å²) in [5.74, 6) is -0.388. The topological polar surface area (TPSA) is 71.4 Å². The molecule has 0 saturated carbocycles. The van der Waals surface area contributed by atoms with Gasteiger partial charge in [0, 0.05) is 16.5 Å². The summed E-state index contributed by atoms with van der Waals surface area (Å²) >= 11 is 0. The molecule has 1 aromatic carbocycles. The molecule has 0 unspecified atom stereocenters. The van der Waals surface area contributed by atoms with E-state index in [0.29, 0.717) is 0 Å². The summed E-state index contributed by atoms with van der Waals surface area (Å²) in [4.78, 5) is 11.3. The lowest BCUT2D eigenvalue weighted by Gasteiger charge is -2.01. The van der Waals surface area contributed by atoms with Crippen molar-refractivity contribution in [2.75, 3.05) is 0 Å². The van der Waals surface area contributed by atoms with Gasteiger partial charge in [0.05, 0.1) is 4.90 Å². The van der Waals surface area contributed by atoms with Gasteiger partial charge >= 0.3 is 0 Å². The molecule has 0 amide bonds. The van der Waals surface area contributed by atoms with Gasteiger partial charge in [0.2, 0.25) is 9.84 Å². The van der Waals surface area contributed by atoms with Crippen molar-refractivity contribution in [1.29, 1.82) is 0 Å². The second-order valence-electron chi connectivity index (χ2n) is 3.31. The molecule has 1 N–H and O–H groups in total. The van der Waals surface area contributed by atoms with Crippen molar-refractivity contribution in [3.8, 4) is 5.75 Å². The number of allylic oxidation sites excluding steroid dienone is 1. The number of Topliss-reactive ketones (excluding diaryl/α,β-unsaturated/α-hetero) is 1. The molecule has 1 heterocycles. The van der Waals surface area contributed by atoms with E-state index < -0.39 is 9.84 Å². The summed E-state index contributed by atoms with van der Waals surface area (Å²) in [6.07, 6.45) is 0. The Bertz CT molecular complexity index is 581. The van der Waals surface area contributed by atoms with Gasteiger partial charge in [-0.15, -0.1) is 0 Å². The second-order valence-corrected chi connectivity index (χ2v) is 5.08. The van der Waals surface area contributed by atoms with E-state index in [-0.39, 0.29) is 27.6 Å². The minimum absolute atomic E-state index is 0.0574. The second kappa shape index (κ2) is 2.93. The molecule has 15 heavy (non-hydrogen) atoms. The minimum atomic E-state index is -3.51. The first-order chi connectivity index (χ1) is 6.92. The molecule has 0 saturated heterocycles. The van der Waals surface area contributed by atoms with Crippen LogP contribution in [0.25, 0.3) is 5.57 Å². The highest BCUT2D eigenvalue weighted by Crippen LogP contribution is 2.35. The Morgan fingerprint density at radius 2 is 2.00 bits per heavy atom. The molecular weight excluding hydrogens is 216 g/mol. The zero-order valence-corrected chi connectivity index (χ0v) is 8.71. The van der Waals surface area contributed by atoms with Crippen LogP contribution < -0.4 is 0 Å². The smallest absolute Gasteiger partial charge is 0.201 e. The van der Waals surface area contributed by atoms with Gasteiger partial charge in [0.15, 0.2) is 5.78 Å². The molecule has 1 aliphatic heterocycles. The number of hydrogen-bond donors (Lipinski definition) is 1. The first-order valence-electron chi connectivity index (χ1n) is 4.23. The van der Waals surface area contributed by atoms with Crippen LogP contribution in [-0.4, -0.2) is 19.3 Å². The lowest BCUT2D eigenvalue weighted by Crippen LogP contribution is -1.94. The van der Waals surface area contributed by atoms with E-state index >= 15 is 0 Å². The zero-order valence-electron chi connectivity index (χ0n) is 7.89. The normalized spacial score (nSPS) is 17.0. The van der Waals surface area contributed by atoms with Gasteiger partial charge < -0.3 is 5.11 Å². The van der Waals surface area contributed by atoms with Crippen LogP contribution in [-0.2, 0) is 14.6 Å². The average Bonchev–Trinajstić information content (AvgIpc) is 2.38. The molecule has 1 aromatic rings. The van der Waals surface area contributed by atoms with Crippen LogP contribution in [0.5, 0.6) is 5.75 Å². The van der Waals surface area contributed by atoms with Crippen LogP contribution in [0.2, 0.25) is 0 Å². The molecule has 4 nitrogen and oxygen atoms in total. The van der Waals surface area contributed by atoms with Crippen LogP contribution in [0.4, 0.5) is 0 Å². The number of benzene rings is 1. The fourth-order valence-electron chi connectivity index (χ4n) is 1.53. The van der Waals surface area contributed by atoms with Gasteiger partial charge in [-0.3, -0.25) is 4.79 Å². The number of rotatable bonds is 1. The number of sulfone groups is 1. The predicted octanol–water partition coefficient (Wildman–Crippen LogP) is 1.11. The summed E-state index contributed by atoms with van der Waals surface area (Å²) in [6.45, 7) is 1.29. The van der Waals surface area contributed by atoms with Crippen molar-refractivity contribution in [3.05, 3.63) is 29.2 Å². The maximum atomic E-state index is 11.6. The number of hydrogen-bond acceptors (Lipinski definition) is 4. The van der Waals surface area contributed by atoms with Crippen LogP contribution in [0.1, 0.15) is 12.5 Å². The molecule has 2 rings (SSSR count). The number of aromatic hydroxyl groups is 1. The monoisotopic (exact) mass is 224 g/mol. The molecule has 0 atom stereocenters. The lowest BCUT2D eigenvalue weighted by atomic mass is 10.0. The van der Waals surface area contributed by atoms with Crippen LogP contribution in [0, 0.1) is 0 Å². The number of ketones is 1. The minimum Gasteiger partial charge on any atom is -0.508 e. The standard InChI is InChI=1S/C10H8O4S/c1-6(11)9-5-15(13,14)10-3-2-7(12)4-8(9)10/h2-5,12H,1H3. The van der Waals surface area contributed by atoms with E-state index in [9.17, 15) is 18.3 Å². The molecule has 0 aliphatic carbocycles. The van der Waals surface area contributed by atoms with Crippen molar-refractivity contribution < 1.29 is 18.3 Å². The van der Waals surface area contributed by atoms with E-state index in [2.05, 4.69) is 0 Å². The average molecular weight is 224 g/mol. The summed E-state index contributed by atoms with van der Waals surface area (Å²) < 4.78 is 23.1. The largest absolute Gasteiger partial charge is 0.508 e. The van der Waals surface area contributed by atoms with E-state index in [1.54, 1.807) is 0 Å². The molecule has 0 bridgehead atoms. The highest BCUT2D eigenvalue weighted by molar-refractivity contribution is 7.95. The van der Waals surface area contributed by atoms with Gasteiger partial charge in [-0.05, 0) is 25.1 Å². The van der Waals surface area contributed by atoms with E-state index in [0.717, 1.165) is 5.41 Å². The highest BCUT2D eigenvalue weighted by atomic mass is 32.2. The van der Waals surface area contributed by atoms with Crippen molar-refractivity contribution in [1.82, 2.24) is 0 Å². The summed E-state index contributed by atoms with van der Waals surface area (Å²) in [6, 6.07) is 3.87. The summed E-state index contributed by atoms with van der Waals surface area (Å²) in [5.41, 5.74) is 0.406. The third-order valence-corrected chi connectivity index (χ3v) is 3.73. The SMILES string of the molecule is CC(=O)C1=CS(=O)(=O)c2ccc(O)cc21. The molecule has 0 radical (unpaired) electrons. The fraction of sp³-hybridized carbons (Fsp3) is 0.100. The maximum absolute atomic E-state index is 11.6. The predicted molar refractivity (Wildman–Crippen MR) is 54.0 cm³/mol. The Hall–Kier alpha value is -1.62. The van der Waals surface area contributed by atoms with E-state index in [4.69, 9.17) is 0 Å². The van der Waals surface area contributed by atoms with Crippen LogP contribution in [0.3, 0.4) is 0 Å². The zero-order chi connectivity index (χ0) is 11.2. The molecular formula is C10H8O4S. The van der Waals surface area contributed by atoms with Crippen molar-refractivity contribution >= 4 is 21.2 Å². The first kappa shape index (κ1) is 9.92. The van der Waals surface area contributed by atoms with E-state index in [1.807, 2.05) is 0 Å². The third-order valence-electron chi connectivity index (χ3n) is 2.21. The molecule has 78 valence electrons. The van der Waals surface area contributed by atoms with Gasteiger partial charge in [0.1, 0.15) is 5.75 Å². The molecule has 0 aromatic heterocycles. The van der Waals surface area contributed by atoms with Crippen LogP contribution in [0.15, 0.2) is 28.5 Å². The highest BCUT2D eigenvalue weighted by Gasteiger charge is 2.29. The molecule has 1 aliphatic rings. The third kappa shape index (κ3) is 1.45. The Morgan fingerprint density at radius 1 is 1.33 bits per heavy atom. The summed E-state index contributed by atoms with van der Waals surface area (Å²) in [5, 5.41) is 10.2. The van der Waals surface area contributed by atoms with Gasteiger partial charge in [-0.2, -0.15) is 0 Å². The van der Waals surface area contributed by atoms with Gasteiger partial charge in [-0.1, -0.05) is 0 Å². The van der Waals surface area contributed by atoms with Crippen molar-refractivity contribution in [2.24, 2.45) is 0 Å². The van der Waals surface area contributed by atoms with E-state index in [1.165, 1.54) is 25.1 Å². The summed E-state index contributed by atoms with van der Waals surface area (Å²) in [7, 11) is -3.51. The quantitative estimate of drug-likeness (QED) is 0.775. The van der Waals surface area contributed by atoms with Gasteiger partial charge in [-0.25, -0.2) is 8.42 Å². The van der Waals surface area contributed by atoms with Gasteiger partial charge in [0.25, 0.3) is 0 Å². The Balaban J connectivity index is 2.80. The Kier molecular flexibility index (Phi) is 1.94. The molecule has 0 fully saturated rings. The van der Waals surface area contributed by atoms with Crippen molar-refractivity contribution in [2.45, 2.75) is 11.8 Å². The Labute approximate surface area is 86.8 Å². The van der Waals surface area contributed by atoms with Crippen LogP contribution >= 0.6 is 0 Å². The fourth-order valence-corrected chi connectivity index (χ4v) is 2.99.